The van der Waals surface area contributed by atoms with Gasteiger partial charge in [0.25, 0.3) is 0 Å². The van der Waals surface area contributed by atoms with E-state index < -0.39 is 15.9 Å². The van der Waals surface area contributed by atoms with Gasteiger partial charge in [0.1, 0.15) is 0 Å². The van der Waals surface area contributed by atoms with E-state index in [2.05, 4.69) is 10.6 Å². The Bertz CT molecular complexity index is 1060. The van der Waals surface area contributed by atoms with Crippen LogP contribution in [0.3, 0.4) is 0 Å². The summed E-state index contributed by atoms with van der Waals surface area (Å²) in [5.74, 6) is -0.919. The number of hydrogen-bond donors (Lipinski definition) is 2. The minimum absolute atomic E-state index is 0.107. The van der Waals surface area contributed by atoms with Crippen molar-refractivity contribution in [2.24, 2.45) is 5.92 Å². The number of benzene rings is 2. The van der Waals surface area contributed by atoms with Gasteiger partial charge in [-0.3, -0.25) is 9.59 Å². The Morgan fingerprint density at radius 3 is 2.53 bits per heavy atom. The monoisotopic (exact) mass is 497 g/mol. The normalized spacial score (nSPS) is 17.0. The molecule has 1 heterocycles. The Hall–Kier alpha value is -2.13. The van der Waals surface area contributed by atoms with Gasteiger partial charge in [-0.05, 0) is 42.7 Å². The van der Waals surface area contributed by atoms with Gasteiger partial charge in [-0.2, -0.15) is 4.31 Å². The molecule has 0 spiro atoms. The van der Waals surface area contributed by atoms with E-state index in [4.69, 9.17) is 23.2 Å². The van der Waals surface area contributed by atoms with Crippen molar-refractivity contribution in [3.8, 4) is 0 Å². The molecule has 2 amide bonds. The van der Waals surface area contributed by atoms with Crippen LogP contribution in [0, 0.1) is 5.92 Å². The van der Waals surface area contributed by atoms with Crippen molar-refractivity contribution in [3.05, 3.63) is 64.1 Å². The fraction of sp³-hybridized carbons (Fsp3) is 0.364. The first-order chi connectivity index (χ1) is 15.3. The van der Waals surface area contributed by atoms with Gasteiger partial charge in [0.2, 0.25) is 21.8 Å². The highest BCUT2D eigenvalue weighted by atomic mass is 35.5. The first-order valence-corrected chi connectivity index (χ1v) is 12.5. The predicted molar refractivity (Wildman–Crippen MR) is 124 cm³/mol. The van der Waals surface area contributed by atoms with Gasteiger partial charge in [0.15, 0.2) is 0 Å². The number of piperidine rings is 1. The van der Waals surface area contributed by atoms with Crippen LogP contribution in [0.1, 0.15) is 24.8 Å². The summed E-state index contributed by atoms with van der Waals surface area (Å²) in [6, 6.07) is 13.2. The summed E-state index contributed by atoms with van der Waals surface area (Å²) in [6.07, 6.45) is 1.32. The van der Waals surface area contributed by atoms with E-state index in [1.165, 1.54) is 4.31 Å². The fourth-order valence-electron chi connectivity index (χ4n) is 3.51. The van der Waals surface area contributed by atoms with E-state index in [-0.39, 0.29) is 42.8 Å². The standard InChI is InChI=1S/C22H25Cl2N3O4S/c23-18-9-8-16(20(24)13-18)14-26-21(28)10-11-25-22(29)17-5-4-12-27(15-17)32(30,31)19-6-2-1-3-7-19/h1-3,6-9,13,17H,4-5,10-12,14-15H2,(H,25,29)(H,26,28)/t17-/m1/s1. The van der Waals surface area contributed by atoms with Gasteiger partial charge in [-0.25, -0.2) is 8.42 Å². The number of amides is 2. The first kappa shape index (κ1) is 24.5. The topological polar surface area (TPSA) is 95.6 Å². The summed E-state index contributed by atoms with van der Waals surface area (Å²) < 4.78 is 27.0. The molecule has 0 unspecified atom stereocenters. The zero-order chi connectivity index (χ0) is 23.1. The molecule has 7 nitrogen and oxygen atoms in total. The average molecular weight is 498 g/mol. The molecule has 32 heavy (non-hydrogen) atoms. The molecule has 2 aromatic carbocycles. The molecular formula is C22H25Cl2N3O4S. The van der Waals surface area contributed by atoms with Crippen molar-refractivity contribution in [1.29, 1.82) is 0 Å². The molecule has 1 aliphatic rings. The maximum absolute atomic E-state index is 12.8. The number of halogens is 2. The largest absolute Gasteiger partial charge is 0.355 e. The second-order valence-corrected chi connectivity index (χ2v) is 10.4. The zero-order valence-corrected chi connectivity index (χ0v) is 19.7. The van der Waals surface area contributed by atoms with E-state index in [0.717, 1.165) is 5.56 Å². The second kappa shape index (κ2) is 11.1. The molecule has 1 saturated heterocycles. The van der Waals surface area contributed by atoms with Gasteiger partial charge >= 0.3 is 0 Å². The predicted octanol–water partition coefficient (Wildman–Crippen LogP) is 3.22. The molecule has 0 aromatic heterocycles. The van der Waals surface area contributed by atoms with Crippen molar-refractivity contribution in [3.63, 3.8) is 0 Å². The number of hydrogen-bond acceptors (Lipinski definition) is 4. The maximum atomic E-state index is 12.8. The highest BCUT2D eigenvalue weighted by Crippen LogP contribution is 2.24. The van der Waals surface area contributed by atoms with Crippen LogP contribution in [0.15, 0.2) is 53.4 Å². The summed E-state index contributed by atoms with van der Waals surface area (Å²) in [7, 11) is -3.63. The van der Waals surface area contributed by atoms with Crippen LogP contribution in [0.25, 0.3) is 0 Å². The van der Waals surface area contributed by atoms with E-state index >= 15 is 0 Å². The Morgan fingerprint density at radius 1 is 1.06 bits per heavy atom. The summed E-state index contributed by atoms with van der Waals surface area (Å²) >= 11 is 11.9. The van der Waals surface area contributed by atoms with Crippen LogP contribution < -0.4 is 10.6 Å². The molecular weight excluding hydrogens is 473 g/mol. The van der Waals surface area contributed by atoms with Gasteiger partial charge in [0, 0.05) is 42.6 Å². The minimum atomic E-state index is -3.63. The smallest absolute Gasteiger partial charge is 0.243 e. The quantitative estimate of drug-likeness (QED) is 0.585. The van der Waals surface area contributed by atoms with Gasteiger partial charge in [0.05, 0.1) is 10.8 Å². The van der Waals surface area contributed by atoms with Crippen LogP contribution >= 0.6 is 23.2 Å². The number of nitrogens with zero attached hydrogens (tertiary/aromatic N) is 1. The van der Waals surface area contributed by atoms with E-state index in [9.17, 15) is 18.0 Å². The summed E-state index contributed by atoms with van der Waals surface area (Å²) in [5.41, 5.74) is 0.746. The van der Waals surface area contributed by atoms with Crippen LogP contribution in [0.5, 0.6) is 0 Å². The van der Waals surface area contributed by atoms with Crippen LogP contribution in [-0.4, -0.2) is 44.2 Å². The molecule has 0 radical (unpaired) electrons. The molecule has 1 atom stereocenters. The number of rotatable bonds is 8. The summed E-state index contributed by atoms with van der Waals surface area (Å²) in [6.45, 7) is 0.944. The van der Waals surface area contributed by atoms with Crippen molar-refractivity contribution >= 4 is 45.0 Å². The number of carbonyl (C=O) groups excluding carboxylic acids is 2. The number of nitrogens with one attached hydrogen (secondary N) is 2. The zero-order valence-electron chi connectivity index (χ0n) is 17.4. The van der Waals surface area contributed by atoms with Gasteiger partial charge in [-0.1, -0.05) is 47.5 Å². The number of sulfonamides is 1. The summed E-state index contributed by atoms with van der Waals surface area (Å²) in [5, 5.41) is 6.49. The van der Waals surface area contributed by atoms with Crippen LogP contribution in [-0.2, 0) is 26.2 Å². The SMILES string of the molecule is O=C(CCNC(=O)[C@@H]1CCCN(S(=O)(=O)c2ccccc2)C1)NCc1ccc(Cl)cc1Cl. The Kier molecular flexibility index (Phi) is 8.53. The molecule has 3 rings (SSSR count). The van der Waals surface area contributed by atoms with Crippen molar-refractivity contribution in [2.45, 2.75) is 30.7 Å². The lowest BCUT2D eigenvalue weighted by Gasteiger charge is -2.31. The lowest BCUT2D eigenvalue weighted by atomic mass is 9.99. The molecule has 0 aliphatic carbocycles. The van der Waals surface area contributed by atoms with Gasteiger partial charge < -0.3 is 10.6 Å². The molecule has 1 fully saturated rings. The van der Waals surface area contributed by atoms with Crippen molar-refractivity contribution < 1.29 is 18.0 Å². The third kappa shape index (κ3) is 6.45. The highest BCUT2D eigenvalue weighted by molar-refractivity contribution is 7.89. The van der Waals surface area contributed by atoms with Crippen molar-refractivity contribution in [2.75, 3.05) is 19.6 Å². The lowest BCUT2D eigenvalue weighted by molar-refractivity contribution is -0.126. The third-order valence-electron chi connectivity index (χ3n) is 5.28. The molecule has 2 aromatic rings. The van der Waals surface area contributed by atoms with Crippen LogP contribution in [0.2, 0.25) is 10.0 Å². The molecule has 0 saturated carbocycles. The first-order valence-electron chi connectivity index (χ1n) is 10.3. The fourth-order valence-corrected chi connectivity index (χ4v) is 5.53. The maximum Gasteiger partial charge on any atom is 0.243 e. The highest BCUT2D eigenvalue weighted by Gasteiger charge is 2.33. The average Bonchev–Trinajstić information content (AvgIpc) is 2.79. The van der Waals surface area contributed by atoms with E-state index in [1.807, 2.05) is 0 Å². The van der Waals surface area contributed by atoms with Crippen molar-refractivity contribution in [1.82, 2.24) is 14.9 Å². The third-order valence-corrected chi connectivity index (χ3v) is 7.74. The minimum Gasteiger partial charge on any atom is -0.355 e. The van der Waals surface area contributed by atoms with E-state index in [1.54, 1.807) is 48.5 Å². The Labute approximate surface area is 198 Å². The molecule has 1 aliphatic heterocycles. The lowest BCUT2D eigenvalue weighted by Crippen LogP contribution is -2.45. The molecule has 2 N–H and O–H groups in total. The molecule has 0 bridgehead atoms. The number of carbonyl (C=O) groups is 2. The summed E-state index contributed by atoms with van der Waals surface area (Å²) in [4.78, 5) is 24.8. The van der Waals surface area contributed by atoms with Gasteiger partial charge in [-0.15, -0.1) is 0 Å². The molecule has 172 valence electrons. The van der Waals surface area contributed by atoms with Crippen LogP contribution in [0.4, 0.5) is 0 Å². The Balaban J connectivity index is 1.45. The molecule has 10 heteroatoms. The Morgan fingerprint density at radius 2 is 1.81 bits per heavy atom. The second-order valence-electron chi connectivity index (χ2n) is 7.57. The van der Waals surface area contributed by atoms with E-state index in [0.29, 0.717) is 29.4 Å².